The van der Waals surface area contributed by atoms with Gasteiger partial charge in [0.25, 0.3) is 0 Å². The molecule has 0 atom stereocenters. The van der Waals surface area contributed by atoms with Gasteiger partial charge in [-0.05, 0) is 62.4 Å². The van der Waals surface area contributed by atoms with E-state index in [1.165, 1.54) is 18.4 Å². The van der Waals surface area contributed by atoms with Gasteiger partial charge < -0.3 is 10.1 Å². The Balaban J connectivity index is 2.09. The SMILES string of the molecule is CC(=Cc1cc(C)c(OC(F)F)c(C)c1)CNC1CC1. The zero-order valence-electron chi connectivity index (χ0n) is 12.2. The van der Waals surface area contributed by atoms with Crippen molar-refractivity contribution in [2.45, 2.75) is 46.3 Å². The first-order chi connectivity index (χ1) is 9.45. The number of ether oxygens (including phenoxy) is 1. The Bertz CT molecular complexity index is 484. The minimum Gasteiger partial charge on any atom is -0.434 e. The summed E-state index contributed by atoms with van der Waals surface area (Å²) < 4.78 is 29.2. The molecule has 1 saturated carbocycles. The van der Waals surface area contributed by atoms with E-state index >= 15 is 0 Å². The molecule has 0 radical (unpaired) electrons. The topological polar surface area (TPSA) is 21.3 Å². The third-order valence-electron chi connectivity index (χ3n) is 3.35. The van der Waals surface area contributed by atoms with Gasteiger partial charge in [0.2, 0.25) is 0 Å². The minimum absolute atomic E-state index is 0.283. The Morgan fingerprint density at radius 2 is 1.95 bits per heavy atom. The van der Waals surface area contributed by atoms with Crippen molar-refractivity contribution >= 4 is 6.08 Å². The Morgan fingerprint density at radius 3 is 2.45 bits per heavy atom. The number of hydrogen-bond acceptors (Lipinski definition) is 2. The van der Waals surface area contributed by atoms with Crippen molar-refractivity contribution in [2.24, 2.45) is 0 Å². The van der Waals surface area contributed by atoms with Crippen molar-refractivity contribution in [3.63, 3.8) is 0 Å². The van der Waals surface area contributed by atoms with Crippen LogP contribution in [0.4, 0.5) is 8.78 Å². The molecule has 2 nitrogen and oxygen atoms in total. The lowest BCUT2D eigenvalue weighted by Gasteiger charge is -2.12. The molecule has 0 saturated heterocycles. The molecule has 0 amide bonds. The number of hydrogen-bond donors (Lipinski definition) is 1. The summed E-state index contributed by atoms with van der Waals surface area (Å²) >= 11 is 0. The average Bonchev–Trinajstić information content (AvgIpc) is 3.15. The van der Waals surface area contributed by atoms with Crippen molar-refractivity contribution in [1.82, 2.24) is 5.32 Å². The van der Waals surface area contributed by atoms with Gasteiger partial charge in [0.05, 0.1) is 0 Å². The fraction of sp³-hybridized carbons (Fsp3) is 0.500. The van der Waals surface area contributed by atoms with Gasteiger partial charge in [-0.2, -0.15) is 8.78 Å². The zero-order valence-corrected chi connectivity index (χ0v) is 12.2. The Hall–Kier alpha value is -1.42. The van der Waals surface area contributed by atoms with E-state index in [1.807, 2.05) is 12.1 Å². The minimum atomic E-state index is -2.78. The molecule has 0 aliphatic heterocycles. The van der Waals surface area contributed by atoms with Gasteiger partial charge in [-0.3, -0.25) is 0 Å². The number of aryl methyl sites for hydroxylation is 2. The predicted molar refractivity (Wildman–Crippen MR) is 77.2 cm³/mol. The molecule has 1 N–H and O–H groups in total. The fourth-order valence-corrected chi connectivity index (χ4v) is 2.27. The zero-order chi connectivity index (χ0) is 14.7. The van der Waals surface area contributed by atoms with Crippen LogP contribution in [-0.4, -0.2) is 19.2 Å². The molecule has 110 valence electrons. The first-order valence-electron chi connectivity index (χ1n) is 6.92. The molecule has 1 aliphatic carbocycles. The van der Waals surface area contributed by atoms with Crippen molar-refractivity contribution in [2.75, 3.05) is 6.54 Å². The number of rotatable bonds is 6. The molecule has 20 heavy (non-hydrogen) atoms. The molecule has 1 aromatic rings. The van der Waals surface area contributed by atoms with Crippen LogP contribution in [0.2, 0.25) is 0 Å². The lowest BCUT2D eigenvalue weighted by molar-refractivity contribution is -0.0507. The highest BCUT2D eigenvalue weighted by Crippen LogP contribution is 2.27. The molecular formula is C16H21F2NO. The Morgan fingerprint density at radius 1 is 1.35 bits per heavy atom. The van der Waals surface area contributed by atoms with Crippen molar-refractivity contribution in [3.05, 3.63) is 34.4 Å². The van der Waals surface area contributed by atoms with Crippen molar-refractivity contribution < 1.29 is 13.5 Å². The quantitative estimate of drug-likeness (QED) is 0.849. The highest BCUT2D eigenvalue weighted by atomic mass is 19.3. The first kappa shape index (κ1) is 15.0. The smallest absolute Gasteiger partial charge is 0.387 e. The van der Waals surface area contributed by atoms with Gasteiger partial charge in [-0.1, -0.05) is 11.6 Å². The summed E-state index contributed by atoms with van der Waals surface area (Å²) in [7, 11) is 0. The first-order valence-corrected chi connectivity index (χ1v) is 6.92. The molecular weight excluding hydrogens is 260 g/mol. The van der Waals surface area contributed by atoms with Crippen LogP contribution in [-0.2, 0) is 0 Å². The largest absolute Gasteiger partial charge is 0.434 e. The summed E-state index contributed by atoms with van der Waals surface area (Å²) in [5.41, 5.74) is 3.73. The third-order valence-corrected chi connectivity index (χ3v) is 3.35. The molecule has 0 unspecified atom stereocenters. The molecule has 0 spiro atoms. The standard InChI is InChI=1S/C16H21F2NO/c1-10(9-19-14-4-5-14)6-13-7-11(2)15(12(3)8-13)20-16(17)18/h6-8,14,16,19H,4-5,9H2,1-3H3. The van der Waals surface area contributed by atoms with Crippen molar-refractivity contribution in [3.8, 4) is 5.75 Å². The van der Waals surface area contributed by atoms with E-state index in [0.717, 1.165) is 23.2 Å². The van der Waals surface area contributed by atoms with Gasteiger partial charge in [0, 0.05) is 12.6 Å². The molecule has 1 aliphatic rings. The maximum Gasteiger partial charge on any atom is 0.387 e. The van der Waals surface area contributed by atoms with Crippen LogP contribution in [0.1, 0.15) is 36.5 Å². The molecule has 0 heterocycles. The summed E-state index contributed by atoms with van der Waals surface area (Å²) in [5.74, 6) is 0.283. The van der Waals surface area contributed by atoms with Crippen molar-refractivity contribution in [1.29, 1.82) is 0 Å². The van der Waals surface area contributed by atoms with Crippen LogP contribution < -0.4 is 10.1 Å². The average molecular weight is 281 g/mol. The molecule has 2 rings (SSSR count). The normalized spacial score (nSPS) is 15.8. The van der Waals surface area contributed by atoms with Crippen LogP contribution >= 0.6 is 0 Å². The molecule has 1 fully saturated rings. The van der Waals surface area contributed by atoms with E-state index in [4.69, 9.17) is 0 Å². The molecule has 4 heteroatoms. The van der Waals surface area contributed by atoms with E-state index in [-0.39, 0.29) is 5.75 Å². The highest BCUT2D eigenvalue weighted by molar-refractivity contribution is 5.58. The maximum absolute atomic E-state index is 12.3. The molecule has 0 aromatic heterocycles. The summed E-state index contributed by atoms with van der Waals surface area (Å²) in [4.78, 5) is 0. The van der Waals surface area contributed by atoms with E-state index in [1.54, 1.807) is 13.8 Å². The number of alkyl halides is 2. The van der Waals surface area contributed by atoms with Crippen LogP contribution in [0.25, 0.3) is 6.08 Å². The van der Waals surface area contributed by atoms with Gasteiger partial charge in [-0.25, -0.2) is 0 Å². The summed E-state index contributed by atoms with van der Waals surface area (Å²) in [6, 6.07) is 4.44. The predicted octanol–water partition coefficient (Wildman–Crippen LogP) is 4.06. The van der Waals surface area contributed by atoms with Crippen LogP contribution in [0.3, 0.4) is 0 Å². The number of benzene rings is 1. The van der Waals surface area contributed by atoms with Gasteiger partial charge in [-0.15, -0.1) is 0 Å². The lowest BCUT2D eigenvalue weighted by Crippen LogP contribution is -2.18. The van der Waals surface area contributed by atoms with Crippen LogP contribution in [0, 0.1) is 13.8 Å². The molecule has 0 bridgehead atoms. The monoisotopic (exact) mass is 281 g/mol. The van der Waals surface area contributed by atoms with Gasteiger partial charge >= 0.3 is 6.61 Å². The second-order valence-corrected chi connectivity index (χ2v) is 5.51. The Labute approximate surface area is 118 Å². The van der Waals surface area contributed by atoms with Gasteiger partial charge in [0.1, 0.15) is 5.75 Å². The Kier molecular flexibility index (Phi) is 4.76. The second kappa shape index (κ2) is 6.35. The summed E-state index contributed by atoms with van der Waals surface area (Å²) in [6.07, 6.45) is 4.62. The number of halogens is 2. The van der Waals surface area contributed by atoms with Crippen LogP contribution in [0.5, 0.6) is 5.75 Å². The fourth-order valence-electron chi connectivity index (χ4n) is 2.27. The van der Waals surface area contributed by atoms with E-state index < -0.39 is 6.61 Å². The van der Waals surface area contributed by atoms with E-state index in [9.17, 15) is 8.78 Å². The van der Waals surface area contributed by atoms with E-state index in [2.05, 4.69) is 23.1 Å². The second-order valence-electron chi connectivity index (χ2n) is 5.51. The van der Waals surface area contributed by atoms with Crippen LogP contribution in [0.15, 0.2) is 17.7 Å². The summed E-state index contributed by atoms with van der Waals surface area (Å²) in [6.45, 7) is 3.75. The third kappa shape index (κ3) is 4.30. The highest BCUT2D eigenvalue weighted by Gasteiger charge is 2.19. The van der Waals surface area contributed by atoms with Gasteiger partial charge in [0.15, 0.2) is 0 Å². The summed E-state index contributed by atoms with van der Waals surface area (Å²) in [5, 5.41) is 3.45. The number of nitrogens with one attached hydrogen (secondary N) is 1. The van der Waals surface area contributed by atoms with E-state index in [0.29, 0.717) is 6.04 Å². The maximum atomic E-state index is 12.3. The lowest BCUT2D eigenvalue weighted by atomic mass is 10.0. The molecule has 1 aromatic carbocycles.